The number of carbonyl (C=O) groups excluding carboxylic acids is 1. The monoisotopic (exact) mass is 411 g/mol. The zero-order chi connectivity index (χ0) is 21.7. The van der Waals surface area contributed by atoms with Crippen LogP contribution in [0, 0.1) is 17.1 Å². The van der Waals surface area contributed by atoms with Crippen LogP contribution in [-0.2, 0) is 11.3 Å². The van der Waals surface area contributed by atoms with Crippen LogP contribution in [0.4, 0.5) is 4.39 Å². The van der Waals surface area contributed by atoms with Crippen LogP contribution in [0.25, 0.3) is 0 Å². The largest absolute Gasteiger partial charge is 0.493 e. The number of ether oxygens (including phenoxy) is 2. The van der Waals surface area contributed by atoms with Gasteiger partial charge in [0.1, 0.15) is 5.82 Å². The van der Waals surface area contributed by atoms with E-state index in [1.54, 1.807) is 30.3 Å². The van der Waals surface area contributed by atoms with Crippen molar-refractivity contribution in [3.8, 4) is 17.6 Å². The minimum atomic E-state index is -0.241. The van der Waals surface area contributed by atoms with E-state index in [-0.39, 0.29) is 30.4 Å². The molecule has 7 heteroatoms. The van der Waals surface area contributed by atoms with Gasteiger partial charge in [0.25, 0.3) is 5.91 Å². The summed E-state index contributed by atoms with van der Waals surface area (Å²) in [4.78, 5) is 16.9. The maximum atomic E-state index is 13.1. The molecule has 2 atom stereocenters. The number of methoxy groups -OCH3 is 1. The van der Waals surface area contributed by atoms with Crippen LogP contribution < -0.4 is 9.47 Å². The highest BCUT2D eigenvalue weighted by Gasteiger charge is 2.32. The van der Waals surface area contributed by atoms with Crippen LogP contribution in [0.3, 0.4) is 0 Å². The summed E-state index contributed by atoms with van der Waals surface area (Å²) >= 11 is 0. The number of amides is 1. The van der Waals surface area contributed by atoms with Gasteiger partial charge in [0, 0.05) is 37.8 Å². The summed E-state index contributed by atoms with van der Waals surface area (Å²) in [6.07, 6.45) is 0. The second kappa shape index (κ2) is 9.59. The van der Waals surface area contributed by atoms with Crippen molar-refractivity contribution in [1.82, 2.24) is 9.80 Å². The van der Waals surface area contributed by atoms with E-state index in [4.69, 9.17) is 14.7 Å². The van der Waals surface area contributed by atoms with Crippen molar-refractivity contribution < 1.29 is 18.7 Å². The molecule has 0 spiro atoms. The van der Waals surface area contributed by atoms with Gasteiger partial charge in [-0.2, -0.15) is 5.26 Å². The SMILES string of the molecule is COc1cc(C#N)ccc1OCC(=O)N1C[C@H](C)N(Cc2ccc(F)cc2)C[C@H]1C. The van der Waals surface area contributed by atoms with Gasteiger partial charge in [-0.05, 0) is 43.7 Å². The molecular weight excluding hydrogens is 385 g/mol. The molecule has 1 saturated heterocycles. The molecule has 0 bridgehead atoms. The number of hydrogen-bond donors (Lipinski definition) is 0. The fourth-order valence-corrected chi connectivity index (χ4v) is 3.67. The molecule has 0 saturated carbocycles. The first-order chi connectivity index (χ1) is 14.4. The van der Waals surface area contributed by atoms with E-state index < -0.39 is 0 Å². The van der Waals surface area contributed by atoms with Crippen molar-refractivity contribution in [3.63, 3.8) is 0 Å². The Morgan fingerprint density at radius 2 is 1.87 bits per heavy atom. The highest BCUT2D eigenvalue weighted by atomic mass is 19.1. The third-order valence-electron chi connectivity index (χ3n) is 5.38. The Labute approximate surface area is 176 Å². The number of carbonyl (C=O) groups is 1. The molecule has 0 N–H and O–H groups in total. The zero-order valence-electron chi connectivity index (χ0n) is 17.5. The molecule has 1 fully saturated rings. The third kappa shape index (κ3) is 5.08. The average Bonchev–Trinajstić information content (AvgIpc) is 2.75. The predicted octanol–water partition coefficient (Wildman–Crippen LogP) is 3.21. The molecule has 158 valence electrons. The Kier molecular flexibility index (Phi) is 6.91. The van der Waals surface area contributed by atoms with Crippen LogP contribution in [0.5, 0.6) is 11.5 Å². The molecule has 1 heterocycles. The summed E-state index contributed by atoms with van der Waals surface area (Å²) in [7, 11) is 1.50. The molecule has 30 heavy (non-hydrogen) atoms. The summed E-state index contributed by atoms with van der Waals surface area (Å²) in [5.74, 6) is 0.518. The lowest BCUT2D eigenvalue weighted by molar-refractivity contribution is -0.139. The van der Waals surface area contributed by atoms with Gasteiger partial charge in [-0.1, -0.05) is 12.1 Å². The van der Waals surface area contributed by atoms with Crippen molar-refractivity contribution in [3.05, 3.63) is 59.4 Å². The molecule has 0 unspecified atom stereocenters. The van der Waals surface area contributed by atoms with Crippen molar-refractivity contribution in [2.75, 3.05) is 26.8 Å². The first kappa shape index (κ1) is 21.6. The highest BCUT2D eigenvalue weighted by Crippen LogP contribution is 2.28. The maximum Gasteiger partial charge on any atom is 0.260 e. The second-order valence-corrected chi connectivity index (χ2v) is 7.57. The van der Waals surface area contributed by atoms with E-state index in [9.17, 15) is 9.18 Å². The predicted molar refractivity (Wildman–Crippen MR) is 111 cm³/mol. The van der Waals surface area contributed by atoms with Gasteiger partial charge in [0.05, 0.1) is 18.7 Å². The van der Waals surface area contributed by atoms with E-state index >= 15 is 0 Å². The van der Waals surface area contributed by atoms with Gasteiger partial charge in [-0.25, -0.2) is 4.39 Å². The van der Waals surface area contributed by atoms with E-state index in [1.165, 1.54) is 19.2 Å². The maximum absolute atomic E-state index is 13.1. The molecule has 1 aliphatic heterocycles. The van der Waals surface area contributed by atoms with Crippen molar-refractivity contribution in [1.29, 1.82) is 5.26 Å². The first-order valence-corrected chi connectivity index (χ1v) is 9.90. The van der Waals surface area contributed by atoms with Crippen molar-refractivity contribution in [2.45, 2.75) is 32.5 Å². The first-order valence-electron chi connectivity index (χ1n) is 9.90. The Balaban J connectivity index is 1.58. The van der Waals surface area contributed by atoms with Crippen LogP contribution in [0.15, 0.2) is 42.5 Å². The standard InChI is InChI=1S/C23H26FN3O3/c1-16-13-27(17(2)12-26(16)14-18-4-7-20(24)8-5-18)23(28)15-30-21-9-6-19(11-25)10-22(21)29-3/h4-10,16-17H,12-15H2,1-3H3/t16-,17+/m0/s1. The average molecular weight is 411 g/mol. The molecule has 3 rings (SSSR count). The third-order valence-corrected chi connectivity index (χ3v) is 5.38. The Morgan fingerprint density at radius 1 is 1.13 bits per heavy atom. The quantitative estimate of drug-likeness (QED) is 0.730. The van der Waals surface area contributed by atoms with Gasteiger partial charge in [-0.3, -0.25) is 9.69 Å². The summed E-state index contributed by atoms with van der Waals surface area (Å²) in [5.41, 5.74) is 1.51. The minimum Gasteiger partial charge on any atom is -0.493 e. The fraction of sp³-hybridized carbons (Fsp3) is 0.391. The highest BCUT2D eigenvalue weighted by molar-refractivity contribution is 5.78. The smallest absolute Gasteiger partial charge is 0.260 e. The number of hydrogen-bond acceptors (Lipinski definition) is 5. The second-order valence-electron chi connectivity index (χ2n) is 7.57. The number of nitrogens with zero attached hydrogens (tertiary/aromatic N) is 3. The summed E-state index contributed by atoms with van der Waals surface area (Å²) < 4.78 is 24.1. The van der Waals surface area contributed by atoms with Gasteiger partial charge < -0.3 is 14.4 Å². The van der Waals surface area contributed by atoms with Gasteiger partial charge in [0.15, 0.2) is 18.1 Å². The number of nitriles is 1. The summed E-state index contributed by atoms with van der Waals surface area (Å²) in [6, 6.07) is 13.6. The van der Waals surface area contributed by atoms with E-state index in [0.717, 1.165) is 12.1 Å². The van der Waals surface area contributed by atoms with Crippen LogP contribution in [0.1, 0.15) is 25.0 Å². The van der Waals surface area contributed by atoms with Gasteiger partial charge >= 0.3 is 0 Å². The van der Waals surface area contributed by atoms with E-state index in [1.807, 2.05) is 17.9 Å². The lowest BCUT2D eigenvalue weighted by Crippen LogP contribution is -2.58. The molecule has 0 aliphatic carbocycles. The van der Waals surface area contributed by atoms with Gasteiger partial charge in [-0.15, -0.1) is 0 Å². The lowest BCUT2D eigenvalue weighted by atomic mass is 10.1. The molecule has 2 aromatic rings. The van der Waals surface area contributed by atoms with Gasteiger partial charge in [0.2, 0.25) is 0 Å². The normalized spacial score (nSPS) is 19.2. The molecule has 1 amide bonds. The lowest BCUT2D eigenvalue weighted by Gasteiger charge is -2.44. The Bertz CT molecular complexity index is 926. The molecular formula is C23H26FN3O3. The number of halogens is 1. The van der Waals surface area contributed by atoms with E-state index in [2.05, 4.69) is 11.8 Å². The minimum absolute atomic E-state index is 0.0283. The molecule has 0 aromatic heterocycles. The summed E-state index contributed by atoms with van der Waals surface area (Å²) in [6.45, 7) is 6.04. The molecule has 1 aliphatic rings. The van der Waals surface area contributed by atoms with E-state index in [0.29, 0.717) is 30.2 Å². The fourth-order valence-electron chi connectivity index (χ4n) is 3.67. The molecule has 0 radical (unpaired) electrons. The molecule has 6 nitrogen and oxygen atoms in total. The molecule has 2 aromatic carbocycles. The Hall–Kier alpha value is -3.11. The van der Waals surface area contributed by atoms with Crippen molar-refractivity contribution >= 4 is 5.91 Å². The number of piperazine rings is 1. The Morgan fingerprint density at radius 3 is 2.53 bits per heavy atom. The summed E-state index contributed by atoms with van der Waals surface area (Å²) in [5, 5.41) is 8.99. The topological polar surface area (TPSA) is 65.8 Å². The van der Waals surface area contributed by atoms with Crippen LogP contribution in [-0.4, -0.2) is 54.6 Å². The number of benzene rings is 2. The number of rotatable bonds is 6. The van der Waals surface area contributed by atoms with Crippen LogP contribution >= 0.6 is 0 Å². The van der Waals surface area contributed by atoms with Crippen LogP contribution in [0.2, 0.25) is 0 Å². The zero-order valence-corrected chi connectivity index (χ0v) is 17.5. The van der Waals surface area contributed by atoms with Crippen molar-refractivity contribution in [2.24, 2.45) is 0 Å².